The van der Waals surface area contributed by atoms with Crippen molar-refractivity contribution in [1.29, 1.82) is 0 Å². The van der Waals surface area contributed by atoms with E-state index < -0.39 is 22.0 Å². The molecule has 3 aromatic rings. The minimum Gasteiger partial charge on any atom is -0.425 e. The number of ether oxygens (including phenoxy) is 1. The first-order chi connectivity index (χ1) is 14.4. The van der Waals surface area contributed by atoms with Crippen molar-refractivity contribution in [3.63, 3.8) is 0 Å². The summed E-state index contributed by atoms with van der Waals surface area (Å²) in [6.07, 6.45) is 1.58. The number of sulfonamides is 1. The standard InChI is InChI=1S/C23H26N2O4S/c1-17-12-14-19(15-13-17)30(27,28)25-21(10-4-5-16-24)23(26)29-22-11-6-8-18-7-2-3-9-20(18)22/h2-3,6-9,11-15,21,25H,4-5,10,16,24H2,1H3/t21-/m0/s1. The number of rotatable bonds is 9. The minimum absolute atomic E-state index is 0.106. The van der Waals surface area contributed by atoms with Crippen molar-refractivity contribution in [2.45, 2.75) is 37.1 Å². The summed E-state index contributed by atoms with van der Waals surface area (Å²) in [5.41, 5.74) is 6.50. The first-order valence-electron chi connectivity index (χ1n) is 9.89. The molecule has 0 fully saturated rings. The third-order valence-electron chi connectivity index (χ3n) is 4.82. The summed E-state index contributed by atoms with van der Waals surface area (Å²) in [4.78, 5) is 13.0. The van der Waals surface area contributed by atoms with Gasteiger partial charge in [-0.1, -0.05) is 60.5 Å². The predicted octanol–water partition coefficient (Wildman–Crippen LogP) is 3.53. The van der Waals surface area contributed by atoms with E-state index in [0.717, 1.165) is 16.3 Å². The zero-order chi connectivity index (χ0) is 21.6. The second kappa shape index (κ2) is 9.84. The number of hydrogen-bond donors (Lipinski definition) is 2. The molecule has 0 spiro atoms. The summed E-state index contributed by atoms with van der Waals surface area (Å²) in [5, 5.41) is 1.72. The Labute approximate surface area is 177 Å². The average Bonchev–Trinajstić information content (AvgIpc) is 2.73. The number of fused-ring (bicyclic) bond motifs is 1. The Kier molecular flexibility index (Phi) is 7.20. The molecule has 0 aliphatic carbocycles. The molecule has 3 N–H and O–H groups in total. The van der Waals surface area contributed by atoms with Crippen LogP contribution in [0.3, 0.4) is 0 Å². The zero-order valence-corrected chi connectivity index (χ0v) is 17.7. The van der Waals surface area contributed by atoms with Crippen molar-refractivity contribution in [3.8, 4) is 5.75 Å². The number of unbranched alkanes of at least 4 members (excludes halogenated alkanes) is 1. The van der Waals surface area contributed by atoms with E-state index in [4.69, 9.17) is 10.5 Å². The quantitative estimate of drug-likeness (QED) is 0.310. The van der Waals surface area contributed by atoms with Crippen molar-refractivity contribution in [2.75, 3.05) is 6.54 Å². The number of hydrogen-bond acceptors (Lipinski definition) is 5. The molecule has 7 heteroatoms. The fourth-order valence-corrected chi connectivity index (χ4v) is 4.37. The molecule has 0 aliphatic rings. The van der Waals surface area contributed by atoms with Gasteiger partial charge in [-0.05, 0) is 49.9 Å². The Morgan fingerprint density at radius 1 is 1.00 bits per heavy atom. The number of aryl methyl sites for hydroxylation is 1. The Hall–Kier alpha value is -2.74. The van der Waals surface area contributed by atoms with Crippen LogP contribution < -0.4 is 15.2 Å². The van der Waals surface area contributed by atoms with E-state index in [1.807, 2.05) is 37.3 Å². The van der Waals surface area contributed by atoms with Crippen LogP contribution in [-0.4, -0.2) is 27.0 Å². The van der Waals surface area contributed by atoms with Crippen LogP contribution in [0.15, 0.2) is 71.6 Å². The van der Waals surface area contributed by atoms with Crippen LogP contribution in [0.25, 0.3) is 10.8 Å². The van der Waals surface area contributed by atoms with E-state index in [1.165, 1.54) is 12.1 Å². The molecule has 30 heavy (non-hydrogen) atoms. The van der Waals surface area contributed by atoms with Crippen LogP contribution in [0.5, 0.6) is 5.75 Å². The Morgan fingerprint density at radius 3 is 2.43 bits per heavy atom. The average molecular weight is 427 g/mol. The van der Waals surface area contributed by atoms with Gasteiger partial charge in [0.2, 0.25) is 10.0 Å². The number of benzene rings is 3. The lowest BCUT2D eigenvalue weighted by Crippen LogP contribution is -2.43. The van der Waals surface area contributed by atoms with Crippen molar-refractivity contribution in [3.05, 3.63) is 72.3 Å². The molecule has 0 saturated carbocycles. The van der Waals surface area contributed by atoms with Crippen LogP contribution in [0.2, 0.25) is 0 Å². The second-order valence-corrected chi connectivity index (χ2v) is 8.88. The number of esters is 1. The van der Waals surface area contributed by atoms with Crippen LogP contribution in [0, 0.1) is 6.92 Å². The van der Waals surface area contributed by atoms with Crippen LogP contribution in [-0.2, 0) is 14.8 Å². The third kappa shape index (κ3) is 5.44. The molecule has 0 radical (unpaired) electrons. The van der Waals surface area contributed by atoms with E-state index in [2.05, 4.69) is 4.72 Å². The van der Waals surface area contributed by atoms with Crippen molar-refractivity contribution in [1.82, 2.24) is 4.72 Å². The maximum atomic E-state index is 12.9. The molecule has 158 valence electrons. The molecule has 0 heterocycles. The summed E-state index contributed by atoms with van der Waals surface area (Å²) in [5.74, 6) is -0.240. The highest BCUT2D eigenvalue weighted by Gasteiger charge is 2.27. The topological polar surface area (TPSA) is 98.5 Å². The van der Waals surface area contributed by atoms with Gasteiger partial charge in [0.25, 0.3) is 0 Å². The highest BCUT2D eigenvalue weighted by atomic mass is 32.2. The molecule has 3 aromatic carbocycles. The predicted molar refractivity (Wildman–Crippen MR) is 118 cm³/mol. The normalized spacial score (nSPS) is 12.6. The molecule has 0 aliphatic heterocycles. The fraction of sp³-hybridized carbons (Fsp3) is 0.261. The third-order valence-corrected chi connectivity index (χ3v) is 6.31. The summed E-state index contributed by atoms with van der Waals surface area (Å²) in [6, 6.07) is 18.4. The van der Waals surface area contributed by atoms with E-state index >= 15 is 0 Å². The molecule has 3 rings (SSSR count). The highest BCUT2D eigenvalue weighted by Crippen LogP contribution is 2.26. The molecule has 0 unspecified atom stereocenters. The lowest BCUT2D eigenvalue weighted by molar-refractivity contribution is -0.136. The summed E-state index contributed by atoms with van der Waals surface area (Å²) < 4.78 is 33.8. The van der Waals surface area contributed by atoms with Gasteiger partial charge in [-0.25, -0.2) is 13.2 Å². The number of nitrogens with one attached hydrogen (secondary N) is 1. The molecule has 0 saturated heterocycles. The molecule has 6 nitrogen and oxygen atoms in total. The highest BCUT2D eigenvalue weighted by molar-refractivity contribution is 7.89. The van der Waals surface area contributed by atoms with E-state index in [-0.39, 0.29) is 4.90 Å². The summed E-state index contributed by atoms with van der Waals surface area (Å²) in [7, 11) is -3.88. The Bertz CT molecular complexity index is 1110. The summed E-state index contributed by atoms with van der Waals surface area (Å²) in [6.45, 7) is 2.34. The largest absolute Gasteiger partial charge is 0.425 e. The zero-order valence-electron chi connectivity index (χ0n) is 16.9. The van der Waals surface area contributed by atoms with Gasteiger partial charge in [0, 0.05) is 5.39 Å². The first-order valence-corrected chi connectivity index (χ1v) is 11.4. The number of carbonyl (C=O) groups excluding carboxylic acids is 1. The van der Waals surface area contributed by atoms with E-state index in [9.17, 15) is 13.2 Å². The monoisotopic (exact) mass is 426 g/mol. The van der Waals surface area contributed by atoms with Gasteiger partial charge in [0.1, 0.15) is 11.8 Å². The number of carbonyl (C=O) groups is 1. The van der Waals surface area contributed by atoms with Gasteiger partial charge in [-0.3, -0.25) is 0 Å². The van der Waals surface area contributed by atoms with Gasteiger partial charge in [-0.15, -0.1) is 0 Å². The SMILES string of the molecule is Cc1ccc(S(=O)(=O)N[C@@H](CCCCN)C(=O)Oc2cccc3ccccc23)cc1. The molecule has 0 bridgehead atoms. The van der Waals surface area contributed by atoms with Gasteiger partial charge < -0.3 is 10.5 Å². The number of nitrogens with two attached hydrogens (primary N) is 1. The Balaban J connectivity index is 1.83. The minimum atomic E-state index is -3.88. The van der Waals surface area contributed by atoms with Crippen molar-refractivity contribution in [2.24, 2.45) is 5.73 Å². The maximum Gasteiger partial charge on any atom is 0.329 e. The lowest BCUT2D eigenvalue weighted by Gasteiger charge is -2.18. The van der Waals surface area contributed by atoms with Crippen LogP contribution >= 0.6 is 0 Å². The smallest absolute Gasteiger partial charge is 0.329 e. The van der Waals surface area contributed by atoms with Gasteiger partial charge in [0.05, 0.1) is 4.90 Å². The van der Waals surface area contributed by atoms with Gasteiger partial charge in [-0.2, -0.15) is 4.72 Å². The van der Waals surface area contributed by atoms with Crippen molar-refractivity contribution < 1.29 is 17.9 Å². The fourth-order valence-electron chi connectivity index (χ4n) is 3.15. The molecule has 1 atom stereocenters. The first kappa shape index (κ1) is 22.0. The summed E-state index contributed by atoms with van der Waals surface area (Å²) >= 11 is 0. The van der Waals surface area contributed by atoms with Gasteiger partial charge >= 0.3 is 5.97 Å². The second-order valence-electron chi connectivity index (χ2n) is 7.17. The molecular weight excluding hydrogens is 400 g/mol. The molecule has 0 aromatic heterocycles. The van der Waals surface area contributed by atoms with Crippen molar-refractivity contribution >= 4 is 26.8 Å². The molecule has 0 amide bonds. The van der Waals surface area contributed by atoms with E-state index in [0.29, 0.717) is 31.6 Å². The van der Waals surface area contributed by atoms with Crippen LogP contribution in [0.4, 0.5) is 0 Å². The van der Waals surface area contributed by atoms with E-state index in [1.54, 1.807) is 24.3 Å². The maximum absolute atomic E-state index is 12.9. The lowest BCUT2D eigenvalue weighted by atomic mass is 10.1. The van der Waals surface area contributed by atoms with Gasteiger partial charge in [0.15, 0.2) is 0 Å². The molecular formula is C23H26N2O4S. The van der Waals surface area contributed by atoms with Crippen LogP contribution in [0.1, 0.15) is 24.8 Å². The Morgan fingerprint density at radius 2 is 1.70 bits per heavy atom.